The number of halogens is 1. The number of piperazine rings is 1. The second-order valence-electron chi connectivity index (χ2n) is 5.20. The molecule has 0 aromatic heterocycles. The number of aryl methyl sites for hydroxylation is 1. The van der Waals surface area contributed by atoms with Crippen molar-refractivity contribution in [1.29, 1.82) is 0 Å². The first-order valence-electron chi connectivity index (χ1n) is 6.88. The van der Waals surface area contributed by atoms with Crippen LogP contribution >= 0.6 is 0 Å². The molecular formula is C14H21FN2O2S. The summed E-state index contributed by atoms with van der Waals surface area (Å²) < 4.78 is 37.8. The van der Waals surface area contributed by atoms with Crippen LogP contribution in [-0.4, -0.2) is 56.6 Å². The van der Waals surface area contributed by atoms with Crippen LogP contribution in [0.5, 0.6) is 0 Å². The van der Waals surface area contributed by atoms with Gasteiger partial charge in [-0.25, -0.2) is 12.8 Å². The van der Waals surface area contributed by atoms with Gasteiger partial charge in [0.1, 0.15) is 5.82 Å². The lowest BCUT2D eigenvalue weighted by Crippen LogP contribution is -2.48. The summed E-state index contributed by atoms with van der Waals surface area (Å²) in [6.45, 7) is 3.50. The molecule has 4 nitrogen and oxygen atoms in total. The van der Waals surface area contributed by atoms with Crippen LogP contribution in [0.25, 0.3) is 0 Å². The smallest absolute Gasteiger partial charge is 0.211 e. The maximum absolute atomic E-state index is 13.5. The van der Waals surface area contributed by atoms with Crippen LogP contribution in [-0.2, 0) is 16.4 Å². The van der Waals surface area contributed by atoms with Gasteiger partial charge in [-0.05, 0) is 31.0 Å². The summed E-state index contributed by atoms with van der Waals surface area (Å²) in [5.74, 6) is -0.144. The topological polar surface area (TPSA) is 40.6 Å². The molecule has 0 unspecified atom stereocenters. The maximum atomic E-state index is 13.5. The first-order valence-corrected chi connectivity index (χ1v) is 8.72. The third kappa shape index (κ3) is 4.26. The fourth-order valence-corrected chi connectivity index (χ4v) is 3.31. The van der Waals surface area contributed by atoms with Crippen molar-refractivity contribution in [1.82, 2.24) is 9.21 Å². The van der Waals surface area contributed by atoms with E-state index in [4.69, 9.17) is 0 Å². The maximum Gasteiger partial charge on any atom is 0.211 e. The lowest BCUT2D eigenvalue weighted by atomic mass is 10.1. The molecule has 1 heterocycles. The molecule has 0 bridgehead atoms. The number of benzene rings is 1. The Morgan fingerprint density at radius 2 is 1.80 bits per heavy atom. The summed E-state index contributed by atoms with van der Waals surface area (Å²) in [5.41, 5.74) is 0.752. The van der Waals surface area contributed by atoms with Gasteiger partial charge in [0.2, 0.25) is 10.0 Å². The summed E-state index contributed by atoms with van der Waals surface area (Å²) in [6.07, 6.45) is 2.86. The summed E-state index contributed by atoms with van der Waals surface area (Å²) in [4.78, 5) is 2.24. The van der Waals surface area contributed by atoms with Crippen molar-refractivity contribution in [3.63, 3.8) is 0 Å². The van der Waals surface area contributed by atoms with E-state index in [0.717, 1.165) is 38.0 Å². The lowest BCUT2D eigenvalue weighted by Gasteiger charge is -2.33. The zero-order valence-electron chi connectivity index (χ0n) is 11.8. The zero-order valence-corrected chi connectivity index (χ0v) is 12.6. The molecule has 0 N–H and O–H groups in total. The van der Waals surface area contributed by atoms with Gasteiger partial charge in [0.15, 0.2) is 0 Å². The Hall–Kier alpha value is -0.980. The fraction of sp³-hybridized carbons (Fsp3) is 0.571. The van der Waals surface area contributed by atoms with E-state index in [1.807, 2.05) is 12.1 Å². The van der Waals surface area contributed by atoms with E-state index >= 15 is 0 Å². The monoisotopic (exact) mass is 300 g/mol. The molecule has 0 aliphatic carbocycles. The average Bonchev–Trinajstić information content (AvgIpc) is 2.40. The minimum Gasteiger partial charge on any atom is -0.301 e. The standard InChI is InChI=1S/C14H21FN2O2S/c1-20(18,19)17-11-9-16(10-12-17)8-4-6-13-5-2-3-7-14(13)15/h2-3,5,7H,4,6,8-12H2,1H3. The first-order chi connectivity index (χ1) is 9.47. The Morgan fingerprint density at radius 1 is 1.15 bits per heavy atom. The van der Waals surface area contributed by atoms with Crippen molar-refractivity contribution in [3.05, 3.63) is 35.6 Å². The summed E-state index contributed by atoms with van der Waals surface area (Å²) in [6, 6.07) is 6.85. The van der Waals surface area contributed by atoms with E-state index < -0.39 is 10.0 Å². The fourth-order valence-electron chi connectivity index (χ4n) is 2.48. The van der Waals surface area contributed by atoms with E-state index in [1.54, 1.807) is 6.07 Å². The van der Waals surface area contributed by atoms with Crippen molar-refractivity contribution < 1.29 is 12.8 Å². The van der Waals surface area contributed by atoms with Crippen LogP contribution in [0.4, 0.5) is 4.39 Å². The molecule has 0 amide bonds. The second-order valence-corrected chi connectivity index (χ2v) is 7.18. The van der Waals surface area contributed by atoms with E-state index in [-0.39, 0.29) is 5.82 Å². The molecule has 1 aliphatic heterocycles. The third-order valence-electron chi connectivity index (χ3n) is 3.68. The van der Waals surface area contributed by atoms with Gasteiger partial charge in [0, 0.05) is 26.2 Å². The average molecular weight is 300 g/mol. The van der Waals surface area contributed by atoms with E-state index in [0.29, 0.717) is 13.1 Å². The Balaban J connectivity index is 1.73. The van der Waals surface area contributed by atoms with Crippen LogP contribution in [0.1, 0.15) is 12.0 Å². The number of nitrogens with zero attached hydrogens (tertiary/aromatic N) is 2. The normalized spacial score (nSPS) is 18.3. The predicted molar refractivity (Wildman–Crippen MR) is 77.6 cm³/mol. The highest BCUT2D eigenvalue weighted by molar-refractivity contribution is 7.88. The molecule has 112 valence electrons. The largest absolute Gasteiger partial charge is 0.301 e. The van der Waals surface area contributed by atoms with Crippen LogP contribution in [0, 0.1) is 5.82 Å². The van der Waals surface area contributed by atoms with Crippen LogP contribution in [0.15, 0.2) is 24.3 Å². The molecule has 1 saturated heterocycles. The van der Waals surface area contributed by atoms with Crippen molar-refractivity contribution in [2.24, 2.45) is 0 Å². The first kappa shape index (κ1) is 15.4. The molecule has 2 rings (SSSR count). The molecule has 1 aromatic carbocycles. The highest BCUT2D eigenvalue weighted by Crippen LogP contribution is 2.11. The molecule has 0 saturated carbocycles. The molecule has 0 radical (unpaired) electrons. The molecule has 1 fully saturated rings. The molecule has 0 atom stereocenters. The zero-order chi connectivity index (χ0) is 14.6. The second kappa shape index (κ2) is 6.65. The summed E-state index contributed by atoms with van der Waals surface area (Å²) in [5, 5.41) is 0. The third-order valence-corrected chi connectivity index (χ3v) is 4.98. The summed E-state index contributed by atoms with van der Waals surface area (Å²) >= 11 is 0. The number of rotatable bonds is 5. The lowest BCUT2D eigenvalue weighted by molar-refractivity contribution is 0.187. The van der Waals surface area contributed by atoms with Gasteiger partial charge in [-0.15, -0.1) is 0 Å². The minimum atomic E-state index is -3.06. The highest BCUT2D eigenvalue weighted by Gasteiger charge is 2.22. The van der Waals surface area contributed by atoms with Gasteiger partial charge in [-0.1, -0.05) is 18.2 Å². The predicted octanol–water partition coefficient (Wildman–Crippen LogP) is 1.34. The summed E-state index contributed by atoms with van der Waals surface area (Å²) in [7, 11) is -3.06. The SMILES string of the molecule is CS(=O)(=O)N1CCN(CCCc2ccccc2F)CC1. The van der Waals surface area contributed by atoms with Crippen LogP contribution < -0.4 is 0 Å². The van der Waals surface area contributed by atoms with Gasteiger partial charge >= 0.3 is 0 Å². The van der Waals surface area contributed by atoms with Gasteiger partial charge in [-0.3, -0.25) is 0 Å². The molecular weight excluding hydrogens is 279 g/mol. The van der Waals surface area contributed by atoms with Gasteiger partial charge in [0.05, 0.1) is 6.26 Å². The van der Waals surface area contributed by atoms with Crippen molar-refractivity contribution >= 4 is 10.0 Å². The van der Waals surface area contributed by atoms with Gasteiger partial charge in [0.25, 0.3) is 0 Å². The molecule has 1 aliphatic rings. The molecule has 6 heteroatoms. The Kier molecular flexibility index (Phi) is 5.12. The number of sulfonamides is 1. The van der Waals surface area contributed by atoms with Gasteiger partial charge in [-0.2, -0.15) is 4.31 Å². The molecule has 1 aromatic rings. The van der Waals surface area contributed by atoms with Crippen molar-refractivity contribution in [3.8, 4) is 0 Å². The highest BCUT2D eigenvalue weighted by atomic mass is 32.2. The quantitative estimate of drug-likeness (QED) is 0.824. The Labute approximate surface area is 120 Å². The van der Waals surface area contributed by atoms with Crippen LogP contribution in [0.3, 0.4) is 0 Å². The van der Waals surface area contributed by atoms with Crippen molar-refractivity contribution in [2.45, 2.75) is 12.8 Å². The Morgan fingerprint density at radius 3 is 2.40 bits per heavy atom. The van der Waals surface area contributed by atoms with Crippen molar-refractivity contribution in [2.75, 3.05) is 39.0 Å². The van der Waals surface area contributed by atoms with E-state index in [9.17, 15) is 12.8 Å². The molecule has 20 heavy (non-hydrogen) atoms. The van der Waals surface area contributed by atoms with Crippen LogP contribution in [0.2, 0.25) is 0 Å². The minimum absolute atomic E-state index is 0.144. The van der Waals surface area contributed by atoms with Gasteiger partial charge < -0.3 is 4.90 Å². The number of hydrogen-bond acceptors (Lipinski definition) is 3. The molecule has 0 spiro atoms. The van der Waals surface area contributed by atoms with E-state index in [2.05, 4.69) is 4.90 Å². The van der Waals surface area contributed by atoms with E-state index in [1.165, 1.54) is 16.6 Å². The number of hydrogen-bond donors (Lipinski definition) is 0. The Bertz CT molecular complexity index is 540.